The first kappa shape index (κ1) is 12.3. The number of aromatic nitrogens is 2. The van der Waals surface area contributed by atoms with E-state index < -0.39 is 0 Å². The summed E-state index contributed by atoms with van der Waals surface area (Å²) in [6.07, 6.45) is 4.50. The first-order chi connectivity index (χ1) is 8.20. The summed E-state index contributed by atoms with van der Waals surface area (Å²) in [4.78, 5) is 4.31. The summed E-state index contributed by atoms with van der Waals surface area (Å²) in [5.41, 5.74) is 4.03. The fourth-order valence-corrected chi connectivity index (χ4v) is 2.28. The van der Waals surface area contributed by atoms with E-state index in [2.05, 4.69) is 38.5 Å². The van der Waals surface area contributed by atoms with Gasteiger partial charge < -0.3 is 4.57 Å². The molecule has 1 aromatic heterocycles. The average molecular weight is 295 g/mol. The lowest BCUT2D eigenvalue weighted by atomic mass is 10.1. The molecule has 90 valence electrons. The third kappa shape index (κ3) is 2.94. The van der Waals surface area contributed by atoms with Crippen LogP contribution in [0, 0.1) is 0 Å². The number of nitrogens with two attached hydrogens (primary N) is 1. The zero-order chi connectivity index (χ0) is 12.3. The van der Waals surface area contributed by atoms with Gasteiger partial charge >= 0.3 is 0 Å². The molecule has 3 N–H and O–H groups in total. The van der Waals surface area contributed by atoms with E-state index in [0.717, 1.165) is 16.7 Å². The Hall–Kier alpha value is -1.17. The first-order valence-electron chi connectivity index (χ1n) is 5.38. The second-order valence-corrected chi connectivity index (χ2v) is 4.87. The number of hydrazine groups is 1. The van der Waals surface area contributed by atoms with Crippen molar-refractivity contribution in [2.24, 2.45) is 12.9 Å². The van der Waals surface area contributed by atoms with Crippen LogP contribution in [0.5, 0.6) is 0 Å². The highest BCUT2D eigenvalue weighted by molar-refractivity contribution is 9.10. The third-order valence-electron chi connectivity index (χ3n) is 2.70. The Kier molecular flexibility index (Phi) is 3.93. The largest absolute Gasteiger partial charge is 0.337 e. The normalized spacial score (nSPS) is 12.6. The summed E-state index contributed by atoms with van der Waals surface area (Å²) < 4.78 is 3.05. The van der Waals surface area contributed by atoms with E-state index in [1.54, 1.807) is 6.20 Å². The first-order valence-corrected chi connectivity index (χ1v) is 6.18. The standard InChI is InChI=1S/C12H15BrN4/c1-17-6-5-15-12(17)11(16-14)8-9-3-2-4-10(13)7-9/h2-7,11,16H,8,14H2,1H3. The van der Waals surface area contributed by atoms with E-state index in [0.29, 0.717) is 0 Å². The van der Waals surface area contributed by atoms with Gasteiger partial charge in [-0.2, -0.15) is 0 Å². The number of nitrogens with one attached hydrogen (secondary N) is 1. The quantitative estimate of drug-likeness (QED) is 0.669. The van der Waals surface area contributed by atoms with Crippen molar-refractivity contribution in [2.75, 3.05) is 0 Å². The van der Waals surface area contributed by atoms with Crippen molar-refractivity contribution in [3.05, 3.63) is 52.5 Å². The predicted octanol–water partition coefficient (Wildman–Crippen LogP) is 1.93. The van der Waals surface area contributed by atoms with Gasteiger partial charge in [0.15, 0.2) is 0 Å². The summed E-state index contributed by atoms with van der Waals surface area (Å²) >= 11 is 3.46. The number of benzene rings is 1. The Balaban J connectivity index is 2.19. The lowest BCUT2D eigenvalue weighted by Gasteiger charge is -2.15. The van der Waals surface area contributed by atoms with Crippen LogP contribution in [0.3, 0.4) is 0 Å². The Morgan fingerprint density at radius 1 is 1.53 bits per heavy atom. The molecule has 0 amide bonds. The highest BCUT2D eigenvalue weighted by Gasteiger charge is 2.14. The van der Waals surface area contributed by atoms with Gasteiger partial charge in [0.2, 0.25) is 0 Å². The third-order valence-corrected chi connectivity index (χ3v) is 3.19. The number of hydrogen-bond donors (Lipinski definition) is 2. The minimum absolute atomic E-state index is 0.0179. The minimum Gasteiger partial charge on any atom is -0.337 e. The van der Waals surface area contributed by atoms with Crippen LogP contribution in [-0.2, 0) is 13.5 Å². The number of rotatable bonds is 4. The van der Waals surface area contributed by atoms with Crippen LogP contribution in [0.1, 0.15) is 17.4 Å². The topological polar surface area (TPSA) is 55.9 Å². The van der Waals surface area contributed by atoms with Gasteiger partial charge in [-0.3, -0.25) is 5.84 Å². The van der Waals surface area contributed by atoms with E-state index in [-0.39, 0.29) is 6.04 Å². The van der Waals surface area contributed by atoms with Crippen LogP contribution >= 0.6 is 15.9 Å². The van der Waals surface area contributed by atoms with Crippen LogP contribution in [0.2, 0.25) is 0 Å². The molecule has 0 bridgehead atoms. The summed E-state index contributed by atoms with van der Waals surface area (Å²) in [6, 6.07) is 8.22. The number of nitrogens with zero attached hydrogens (tertiary/aromatic N) is 2. The number of imidazole rings is 1. The van der Waals surface area contributed by atoms with Gasteiger partial charge in [-0.1, -0.05) is 28.1 Å². The zero-order valence-electron chi connectivity index (χ0n) is 9.60. The lowest BCUT2D eigenvalue weighted by molar-refractivity contribution is 0.507. The smallest absolute Gasteiger partial charge is 0.127 e. The van der Waals surface area contributed by atoms with E-state index in [1.165, 1.54) is 5.56 Å². The molecule has 1 heterocycles. The Labute approximate surface area is 109 Å². The SMILES string of the molecule is Cn1ccnc1C(Cc1cccc(Br)c1)NN. The molecule has 0 aliphatic heterocycles. The van der Waals surface area contributed by atoms with Crippen molar-refractivity contribution in [1.29, 1.82) is 0 Å². The van der Waals surface area contributed by atoms with Crippen LogP contribution < -0.4 is 11.3 Å². The molecule has 0 saturated carbocycles. The molecule has 0 aliphatic rings. The maximum Gasteiger partial charge on any atom is 0.127 e. The summed E-state index contributed by atoms with van der Waals surface area (Å²) in [7, 11) is 1.97. The molecular formula is C12H15BrN4. The molecule has 2 aromatic rings. The molecule has 17 heavy (non-hydrogen) atoms. The van der Waals surface area contributed by atoms with Gasteiger partial charge in [-0.15, -0.1) is 0 Å². The van der Waals surface area contributed by atoms with Gasteiger partial charge in [-0.05, 0) is 24.1 Å². The fraction of sp³-hybridized carbons (Fsp3) is 0.250. The molecule has 0 spiro atoms. The van der Waals surface area contributed by atoms with Crippen LogP contribution in [0.25, 0.3) is 0 Å². The molecule has 1 atom stereocenters. The molecule has 0 radical (unpaired) electrons. The van der Waals surface area contributed by atoms with E-state index in [4.69, 9.17) is 5.84 Å². The van der Waals surface area contributed by atoms with Crippen molar-refractivity contribution in [2.45, 2.75) is 12.5 Å². The Morgan fingerprint density at radius 2 is 2.35 bits per heavy atom. The molecular weight excluding hydrogens is 280 g/mol. The van der Waals surface area contributed by atoms with Gasteiger partial charge in [0.05, 0.1) is 6.04 Å². The van der Waals surface area contributed by atoms with Crippen LogP contribution in [0.4, 0.5) is 0 Å². The number of aryl methyl sites for hydroxylation is 1. The fourth-order valence-electron chi connectivity index (χ4n) is 1.84. The minimum atomic E-state index is 0.0179. The predicted molar refractivity (Wildman–Crippen MR) is 71.1 cm³/mol. The molecule has 5 heteroatoms. The Bertz CT molecular complexity index is 495. The zero-order valence-corrected chi connectivity index (χ0v) is 11.2. The van der Waals surface area contributed by atoms with Crippen molar-refractivity contribution in [3.8, 4) is 0 Å². The maximum absolute atomic E-state index is 5.60. The monoisotopic (exact) mass is 294 g/mol. The molecule has 1 aromatic carbocycles. The van der Waals surface area contributed by atoms with Gasteiger partial charge in [0.25, 0.3) is 0 Å². The molecule has 0 saturated heterocycles. The van der Waals surface area contributed by atoms with Crippen molar-refractivity contribution in [3.63, 3.8) is 0 Å². The second-order valence-electron chi connectivity index (χ2n) is 3.95. The average Bonchev–Trinajstić information content (AvgIpc) is 2.72. The molecule has 4 nitrogen and oxygen atoms in total. The van der Waals surface area contributed by atoms with E-state index in [9.17, 15) is 0 Å². The van der Waals surface area contributed by atoms with Crippen molar-refractivity contribution in [1.82, 2.24) is 15.0 Å². The molecule has 0 fully saturated rings. The maximum atomic E-state index is 5.60. The van der Waals surface area contributed by atoms with Gasteiger partial charge in [0.1, 0.15) is 5.82 Å². The second kappa shape index (κ2) is 5.44. The highest BCUT2D eigenvalue weighted by atomic mass is 79.9. The number of hydrogen-bond acceptors (Lipinski definition) is 3. The van der Waals surface area contributed by atoms with E-state index >= 15 is 0 Å². The van der Waals surface area contributed by atoms with Crippen LogP contribution in [-0.4, -0.2) is 9.55 Å². The Morgan fingerprint density at radius 3 is 2.94 bits per heavy atom. The summed E-state index contributed by atoms with van der Waals surface area (Å²) in [5.74, 6) is 6.54. The highest BCUT2D eigenvalue weighted by Crippen LogP contribution is 2.18. The summed E-state index contributed by atoms with van der Waals surface area (Å²) in [5, 5.41) is 0. The van der Waals surface area contributed by atoms with Crippen LogP contribution in [0.15, 0.2) is 41.1 Å². The number of halogens is 1. The molecule has 0 aliphatic carbocycles. The van der Waals surface area contributed by atoms with Crippen molar-refractivity contribution < 1.29 is 0 Å². The molecule has 2 rings (SSSR count). The van der Waals surface area contributed by atoms with Gasteiger partial charge in [0, 0.05) is 23.9 Å². The lowest BCUT2D eigenvalue weighted by Crippen LogP contribution is -2.31. The molecule has 1 unspecified atom stereocenters. The van der Waals surface area contributed by atoms with E-state index in [1.807, 2.05) is 29.9 Å². The summed E-state index contributed by atoms with van der Waals surface area (Å²) in [6.45, 7) is 0. The van der Waals surface area contributed by atoms with Gasteiger partial charge in [-0.25, -0.2) is 10.4 Å². The van der Waals surface area contributed by atoms with Crippen molar-refractivity contribution >= 4 is 15.9 Å².